The summed E-state index contributed by atoms with van der Waals surface area (Å²) < 4.78 is 5.93. The van der Waals surface area contributed by atoms with Crippen molar-refractivity contribution in [2.24, 2.45) is 46.2 Å². The first-order valence-corrected chi connectivity index (χ1v) is 13.1. The number of aryl methyl sites for hydroxylation is 1. The van der Waals surface area contributed by atoms with Gasteiger partial charge < -0.3 is 10.5 Å². The number of carbonyl (C=O) groups is 1. The summed E-state index contributed by atoms with van der Waals surface area (Å²) in [5, 5.41) is 0. The molecule has 0 heterocycles. The first kappa shape index (κ1) is 22.6. The second-order valence-corrected chi connectivity index (χ2v) is 12.4. The second-order valence-electron chi connectivity index (χ2n) is 12.4. The van der Waals surface area contributed by atoms with E-state index in [9.17, 15) is 4.79 Å². The zero-order chi connectivity index (χ0) is 22.7. The van der Waals surface area contributed by atoms with Crippen LogP contribution in [0.2, 0.25) is 0 Å². The van der Waals surface area contributed by atoms with Gasteiger partial charge in [-0.2, -0.15) is 0 Å². The number of fused-ring (bicyclic) bond motifs is 5. The molecule has 2 N–H and O–H groups in total. The van der Waals surface area contributed by atoms with Crippen molar-refractivity contribution < 1.29 is 9.53 Å². The lowest BCUT2D eigenvalue weighted by Crippen LogP contribution is -2.69. The predicted octanol–water partition coefficient (Wildman–Crippen LogP) is 6.18. The first-order chi connectivity index (χ1) is 15.2. The lowest BCUT2D eigenvalue weighted by atomic mass is 9.41. The predicted molar refractivity (Wildman–Crippen MR) is 130 cm³/mol. The molecule has 0 aliphatic heterocycles. The SMILES string of the molecule is COC[C@]12CC[C@H](C)CC1CC[C@]1(N)C2CC[C@@]2(C)C1CC[C@@H]2C(=O)c1cccc(C)c1. The van der Waals surface area contributed by atoms with E-state index in [4.69, 9.17) is 10.5 Å². The standard InChI is InChI=1S/C29H43NO2/c1-19-6-5-7-21(16-19)26(31)23-8-9-24-27(23,3)13-12-25-28(18-32-4)14-10-20(2)17-22(28)11-15-29(24,25)30/h5-7,16,20,22-25H,8-15,17-18,30H2,1-4H3/t20-,22?,23+,24?,25?,27+,28+,29+/m0/s1. The van der Waals surface area contributed by atoms with Crippen LogP contribution in [0.5, 0.6) is 0 Å². The number of nitrogens with two attached hydrogens (primary N) is 1. The van der Waals surface area contributed by atoms with Gasteiger partial charge in [0.05, 0.1) is 6.61 Å². The van der Waals surface area contributed by atoms with Crippen LogP contribution in [0.1, 0.15) is 87.6 Å². The maximum absolute atomic E-state index is 13.7. The van der Waals surface area contributed by atoms with Crippen LogP contribution >= 0.6 is 0 Å². The Kier molecular flexibility index (Phi) is 5.61. The number of methoxy groups -OCH3 is 1. The van der Waals surface area contributed by atoms with Gasteiger partial charge in [0, 0.05) is 29.5 Å². The molecule has 4 fully saturated rings. The smallest absolute Gasteiger partial charge is 0.166 e. The van der Waals surface area contributed by atoms with E-state index in [-0.39, 0.29) is 22.3 Å². The summed E-state index contributed by atoms with van der Waals surface area (Å²) in [5.74, 6) is 3.02. The maximum atomic E-state index is 13.7. The van der Waals surface area contributed by atoms with Crippen LogP contribution in [0, 0.1) is 47.3 Å². The van der Waals surface area contributed by atoms with Crippen molar-refractivity contribution in [3.8, 4) is 0 Å². The average molecular weight is 438 g/mol. The summed E-state index contributed by atoms with van der Waals surface area (Å²) in [4.78, 5) is 13.7. The molecule has 176 valence electrons. The Morgan fingerprint density at radius 2 is 1.91 bits per heavy atom. The highest BCUT2D eigenvalue weighted by Gasteiger charge is 2.67. The van der Waals surface area contributed by atoms with Gasteiger partial charge in [0.25, 0.3) is 0 Å². The molecule has 3 unspecified atom stereocenters. The summed E-state index contributed by atoms with van der Waals surface area (Å²) in [5.41, 5.74) is 9.73. The summed E-state index contributed by atoms with van der Waals surface area (Å²) in [6.07, 6.45) is 10.7. The number of carbonyl (C=O) groups excluding carboxylic acids is 1. The Morgan fingerprint density at radius 3 is 2.66 bits per heavy atom. The van der Waals surface area contributed by atoms with Crippen molar-refractivity contribution in [2.45, 2.75) is 84.1 Å². The van der Waals surface area contributed by atoms with Gasteiger partial charge in [0.15, 0.2) is 5.78 Å². The lowest BCUT2D eigenvalue weighted by Gasteiger charge is -2.66. The minimum absolute atomic E-state index is 0.0230. The largest absolute Gasteiger partial charge is 0.384 e. The quantitative estimate of drug-likeness (QED) is 0.572. The minimum atomic E-state index is -0.149. The highest BCUT2D eigenvalue weighted by Crippen LogP contribution is 2.68. The van der Waals surface area contributed by atoms with E-state index in [0.29, 0.717) is 17.6 Å². The fourth-order valence-corrected chi connectivity index (χ4v) is 9.44. The second kappa shape index (κ2) is 7.94. The molecule has 32 heavy (non-hydrogen) atoms. The Hall–Kier alpha value is -1.19. The van der Waals surface area contributed by atoms with Crippen molar-refractivity contribution in [2.75, 3.05) is 13.7 Å². The molecule has 0 amide bonds. The maximum Gasteiger partial charge on any atom is 0.166 e. The van der Waals surface area contributed by atoms with Gasteiger partial charge in [-0.3, -0.25) is 4.79 Å². The van der Waals surface area contributed by atoms with Gasteiger partial charge in [-0.15, -0.1) is 0 Å². The van der Waals surface area contributed by atoms with Gasteiger partial charge in [0.2, 0.25) is 0 Å². The average Bonchev–Trinajstić information content (AvgIpc) is 3.12. The number of Topliss-reactive ketones (excluding diaryl/α,β-unsaturated/α-hetero) is 1. The third kappa shape index (κ3) is 3.17. The number of hydrogen-bond donors (Lipinski definition) is 1. The highest BCUT2D eigenvalue weighted by molar-refractivity contribution is 5.98. The number of rotatable bonds is 4. The van der Waals surface area contributed by atoms with Crippen molar-refractivity contribution in [1.29, 1.82) is 0 Å². The molecule has 5 rings (SSSR count). The molecule has 0 aromatic heterocycles. The molecule has 0 bridgehead atoms. The number of hydrogen-bond acceptors (Lipinski definition) is 3. The van der Waals surface area contributed by atoms with E-state index in [1.807, 2.05) is 19.2 Å². The van der Waals surface area contributed by atoms with Crippen molar-refractivity contribution >= 4 is 5.78 Å². The molecule has 0 radical (unpaired) electrons. The van der Waals surface area contributed by atoms with E-state index in [2.05, 4.69) is 32.9 Å². The third-order valence-electron chi connectivity index (χ3n) is 10.9. The van der Waals surface area contributed by atoms with Gasteiger partial charge in [-0.25, -0.2) is 0 Å². The molecule has 1 aromatic carbocycles. The van der Waals surface area contributed by atoms with Gasteiger partial charge in [0.1, 0.15) is 0 Å². The van der Waals surface area contributed by atoms with E-state index < -0.39 is 0 Å². The topological polar surface area (TPSA) is 52.3 Å². The lowest BCUT2D eigenvalue weighted by molar-refractivity contribution is -0.159. The molecular formula is C29H43NO2. The number of benzene rings is 1. The van der Waals surface area contributed by atoms with E-state index in [1.54, 1.807) is 0 Å². The Balaban J connectivity index is 1.47. The highest BCUT2D eigenvalue weighted by atomic mass is 16.5. The van der Waals surface area contributed by atoms with Gasteiger partial charge in [-0.05, 0) is 93.4 Å². The van der Waals surface area contributed by atoms with Crippen molar-refractivity contribution in [3.63, 3.8) is 0 Å². The zero-order valence-corrected chi connectivity index (χ0v) is 20.7. The first-order valence-electron chi connectivity index (χ1n) is 13.1. The van der Waals surface area contributed by atoms with E-state index in [0.717, 1.165) is 56.1 Å². The Morgan fingerprint density at radius 1 is 1.09 bits per heavy atom. The minimum Gasteiger partial charge on any atom is -0.384 e. The zero-order valence-electron chi connectivity index (χ0n) is 20.7. The molecular weight excluding hydrogens is 394 g/mol. The number of ether oxygens (including phenoxy) is 1. The molecule has 4 saturated carbocycles. The summed E-state index contributed by atoms with van der Waals surface area (Å²) in [7, 11) is 1.88. The van der Waals surface area contributed by atoms with Crippen LogP contribution in [-0.2, 0) is 4.74 Å². The van der Waals surface area contributed by atoms with E-state index >= 15 is 0 Å². The van der Waals surface area contributed by atoms with Crippen molar-refractivity contribution in [1.82, 2.24) is 0 Å². The van der Waals surface area contributed by atoms with Crippen molar-refractivity contribution in [3.05, 3.63) is 35.4 Å². The fraction of sp³-hybridized carbons (Fsp3) is 0.759. The molecule has 3 nitrogen and oxygen atoms in total. The van der Waals surface area contributed by atoms with Gasteiger partial charge in [-0.1, -0.05) is 44.0 Å². The monoisotopic (exact) mass is 437 g/mol. The molecule has 3 heteroatoms. The fourth-order valence-electron chi connectivity index (χ4n) is 9.44. The molecule has 4 aliphatic rings. The number of ketones is 1. The van der Waals surface area contributed by atoms with Crippen LogP contribution in [0.15, 0.2) is 24.3 Å². The van der Waals surface area contributed by atoms with Crippen LogP contribution in [0.25, 0.3) is 0 Å². The van der Waals surface area contributed by atoms with Crippen LogP contribution < -0.4 is 5.73 Å². The van der Waals surface area contributed by atoms with Crippen LogP contribution in [0.3, 0.4) is 0 Å². The van der Waals surface area contributed by atoms with E-state index in [1.165, 1.54) is 31.2 Å². The normalized spacial score (nSPS) is 45.6. The molecule has 1 aromatic rings. The molecule has 0 saturated heterocycles. The summed E-state index contributed by atoms with van der Waals surface area (Å²) in [6, 6.07) is 8.19. The van der Waals surface area contributed by atoms with Gasteiger partial charge >= 0.3 is 0 Å². The van der Waals surface area contributed by atoms with Crippen LogP contribution in [0.4, 0.5) is 0 Å². The summed E-state index contributed by atoms with van der Waals surface area (Å²) in [6.45, 7) is 7.78. The molecule has 0 spiro atoms. The third-order valence-corrected chi connectivity index (χ3v) is 10.9. The Labute approximate surface area is 194 Å². The summed E-state index contributed by atoms with van der Waals surface area (Å²) >= 11 is 0. The molecule has 4 aliphatic carbocycles. The molecule has 8 atom stereocenters. The van der Waals surface area contributed by atoms with Crippen LogP contribution in [-0.4, -0.2) is 25.0 Å². The Bertz CT molecular complexity index is 882.